The van der Waals surface area contributed by atoms with Crippen LogP contribution >= 0.6 is 22.7 Å². The summed E-state index contributed by atoms with van der Waals surface area (Å²) in [6.45, 7) is 33.6. The van der Waals surface area contributed by atoms with E-state index in [-0.39, 0.29) is 137 Å². The molecule has 6 aromatic carbocycles. The second-order valence-electron chi connectivity index (χ2n) is 41.1. The molecule has 0 saturated heterocycles. The van der Waals surface area contributed by atoms with Crippen LogP contribution in [0.25, 0.3) is 0 Å². The van der Waals surface area contributed by atoms with Crippen molar-refractivity contribution in [2.75, 3.05) is 23.7 Å². The van der Waals surface area contributed by atoms with Crippen LogP contribution in [0.1, 0.15) is 295 Å². The molecule has 0 spiro atoms. The summed E-state index contributed by atoms with van der Waals surface area (Å²) < 4.78 is 39.8. The third-order valence-corrected chi connectivity index (χ3v) is 31.0. The number of nitrogens with zero attached hydrogens (tertiary/aromatic N) is 4. The van der Waals surface area contributed by atoms with Gasteiger partial charge in [-0.05, 0) is 222 Å². The highest BCUT2D eigenvalue weighted by Gasteiger charge is 2.64. The quantitative estimate of drug-likeness (QED) is 0.0332. The molecule has 10 aliphatic rings. The fraction of sp³-hybridized carbons (Fsp3) is 0.429. The van der Waals surface area contributed by atoms with Gasteiger partial charge in [-0.2, -0.15) is 13.2 Å². The van der Waals surface area contributed by atoms with Gasteiger partial charge < -0.3 is 40.9 Å². The number of Topliss-reactive ketones (excluding diaryl/α,β-unsaturated/α-hetero) is 6. The van der Waals surface area contributed by atoms with Crippen LogP contribution in [0.5, 0.6) is 0 Å². The normalized spacial score (nSPS) is 19.7. The lowest BCUT2D eigenvalue weighted by atomic mass is 9.86. The van der Waals surface area contributed by atoms with Gasteiger partial charge in [0, 0.05) is 134 Å². The van der Waals surface area contributed by atoms with Gasteiger partial charge >= 0.3 is 6.18 Å². The van der Waals surface area contributed by atoms with E-state index in [1.807, 2.05) is 41.1 Å². The van der Waals surface area contributed by atoms with Gasteiger partial charge in [-0.1, -0.05) is 194 Å². The summed E-state index contributed by atoms with van der Waals surface area (Å²) in [5.41, 5.74) is 19.0. The van der Waals surface area contributed by atoms with E-state index in [0.717, 1.165) is 121 Å². The molecule has 718 valence electrons. The summed E-state index contributed by atoms with van der Waals surface area (Å²) in [5, 5.41) is 15.6. The van der Waals surface area contributed by atoms with E-state index in [1.54, 1.807) is 72.6 Å². The van der Waals surface area contributed by atoms with E-state index in [0.29, 0.717) is 145 Å². The van der Waals surface area contributed by atoms with E-state index in [4.69, 9.17) is 0 Å². The van der Waals surface area contributed by atoms with Crippen LogP contribution in [0.2, 0.25) is 0 Å². The van der Waals surface area contributed by atoms with Crippen molar-refractivity contribution in [2.24, 2.45) is 0 Å². The number of nitrogens with one attached hydrogen (secondary N) is 4. The van der Waals surface area contributed by atoms with Crippen molar-refractivity contribution in [3.63, 3.8) is 0 Å². The molecule has 4 atom stereocenters. The van der Waals surface area contributed by atoms with Crippen LogP contribution in [-0.2, 0) is 125 Å². The number of carbonyl (C=O) groups excluding carboxylic acids is 12. The number of rotatable bonds is 28. The summed E-state index contributed by atoms with van der Waals surface area (Å²) >= 11 is 3.14. The molecule has 25 heteroatoms. The number of fused-ring (bicyclic) bond motifs is 4. The Bertz CT molecular complexity index is 5910. The second kappa shape index (κ2) is 41.7. The number of carbonyl (C=O) groups is 12. The number of ketones is 6. The summed E-state index contributed by atoms with van der Waals surface area (Å²) in [5.74, 6) is 0.131. The maximum absolute atomic E-state index is 13.3. The van der Waals surface area contributed by atoms with E-state index < -0.39 is 17.6 Å². The zero-order chi connectivity index (χ0) is 97.7. The van der Waals surface area contributed by atoms with E-state index in [1.165, 1.54) is 52.8 Å². The monoisotopic (exact) mass is 1890 g/mol. The molecule has 6 fully saturated rings. The number of hydrogen-bond donors (Lipinski definition) is 4. The molecule has 8 aromatic rings. The van der Waals surface area contributed by atoms with Gasteiger partial charge in [0.2, 0.25) is 11.8 Å². The second-order valence-corrected chi connectivity index (χ2v) is 43.1. The van der Waals surface area contributed by atoms with E-state index in [2.05, 4.69) is 157 Å². The Kier molecular flexibility index (Phi) is 30.2. The molecule has 6 heterocycles. The number of anilines is 2. The summed E-state index contributed by atoms with van der Waals surface area (Å²) in [6, 6.07) is 41.1. The first-order valence-corrected chi connectivity index (χ1v) is 49.9. The van der Waals surface area contributed by atoms with Gasteiger partial charge in [-0.15, -0.1) is 22.7 Å². The maximum Gasteiger partial charge on any atom is 0.398 e. The van der Waals surface area contributed by atoms with Gasteiger partial charge in [0.05, 0.1) is 53.8 Å². The topological polar surface area (TPSA) is 266 Å². The van der Waals surface area contributed by atoms with E-state index >= 15 is 0 Å². The highest BCUT2D eigenvalue weighted by atomic mass is 32.1. The number of alkyl halides is 3. The Morgan fingerprint density at radius 1 is 0.401 bits per heavy atom. The minimum absolute atomic E-state index is 0.0273. The number of aryl methyl sites for hydroxylation is 4. The van der Waals surface area contributed by atoms with Crippen LogP contribution in [0, 0.1) is 0 Å². The molecule has 0 radical (unpaired) electrons. The first kappa shape index (κ1) is 99.4. The number of hydrogen-bond acceptors (Lipinski definition) is 16. The Balaban J connectivity index is 0.000000139. The van der Waals surface area contributed by atoms with Crippen LogP contribution in [0.3, 0.4) is 0 Å². The fourth-order valence-electron chi connectivity index (χ4n) is 19.7. The number of amides is 6. The third-order valence-electron chi connectivity index (χ3n) is 28.9. The molecule has 20 nitrogen and oxygen atoms in total. The molecular weight excluding hydrogens is 1770 g/mol. The molecule has 0 unspecified atom stereocenters. The Morgan fingerprint density at radius 3 is 1.07 bits per heavy atom. The highest BCUT2D eigenvalue weighted by Crippen LogP contribution is 2.59. The molecule has 6 saturated carbocycles. The molecule has 18 rings (SSSR count). The Labute approximate surface area is 809 Å². The fourth-order valence-corrected chi connectivity index (χ4v) is 21.8. The number of allylic oxidation sites excluding steroid dienone is 4. The van der Waals surface area contributed by atoms with E-state index in [9.17, 15) is 70.7 Å². The SMILES string of the molecule is C=C1CC[C@H](N2Cc3c(csc3CCC(=O)CCc3ccc(C(C)(C)C)cc3)C2=O)C(=O)C1.C=C1CC[C@H](N2Cc3c(csc3CCC(=O)CCc3ccc(C4(C)CC4)cc3)C2=O)C(=O)C1.C=C1CC[C@H](N2Cc3cc(CNC(=O)CNc4ccc(C(C)(C)C)cc4)ccc3C2=O)C(=O)C1.C=C1CC[C@H](N2Cc3cc(CNC(=O)CNc4ccc(C5(C(F)(F)F)CC5)cc4)ccc3C2=O)C(=O)C1. The number of halogens is 3. The molecular formula is C112H125F3N8O12S2. The van der Waals surface area contributed by atoms with Crippen molar-refractivity contribution in [2.45, 2.75) is 294 Å². The summed E-state index contributed by atoms with van der Waals surface area (Å²) in [6.07, 6.45) is 10.6. The molecule has 6 amide bonds. The minimum Gasteiger partial charge on any atom is -0.376 e. The molecule has 6 aliphatic carbocycles. The van der Waals surface area contributed by atoms with Crippen LogP contribution < -0.4 is 21.3 Å². The molecule has 4 aliphatic heterocycles. The highest BCUT2D eigenvalue weighted by molar-refractivity contribution is 7.10. The van der Waals surface area contributed by atoms with Crippen LogP contribution in [0.4, 0.5) is 24.5 Å². The smallest absolute Gasteiger partial charge is 0.376 e. The zero-order valence-corrected chi connectivity index (χ0v) is 81.4. The lowest BCUT2D eigenvalue weighted by Gasteiger charge is -2.30. The van der Waals surface area contributed by atoms with Crippen molar-refractivity contribution < 1.29 is 70.7 Å². The van der Waals surface area contributed by atoms with Crippen LogP contribution in [-0.4, -0.2) is 133 Å². The predicted octanol–water partition coefficient (Wildman–Crippen LogP) is 20.4. The summed E-state index contributed by atoms with van der Waals surface area (Å²) in [7, 11) is 0. The van der Waals surface area contributed by atoms with Crippen molar-refractivity contribution in [1.29, 1.82) is 0 Å². The van der Waals surface area contributed by atoms with Gasteiger partial charge in [-0.3, -0.25) is 57.5 Å². The molecule has 2 aromatic heterocycles. The van der Waals surface area contributed by atoms with Crippen molar-refractivity contribution in [3.05, 3.63) is 292 Å². The minimum atomic E-state index is -4.26. The molecule has 137 heavy (non-hydrogen) atoms. The largest absolute Gasteiger partial charge is 0.398 e. The first-order valence-electron chi connectivity index (χ1n) is 48.1. The average Bonchev–Trinajstić information content (AvgIpc) is 1.58. The van der Waals surface area contributed by atoms with Crippen molar-refractivity contribution >= 4 is 104 Å². The summed E-state index contributed by atoms with van der Waals surface area (Å²) in [4.78, 5) is 160. The lowest BCUT2D eigenvalue weighted by molar-refractivity contribution is -0.160. The van der Waals surface area contributed by atoms with Gasteiger partial charge in [0.25, 0.3) is 23.6 Å². The maximum atomic E-state index is 13.3. The van der Waals surface area contributed by atoms with Gasteiger partial charge in [0.15, 0.2) is 23.1 Å². The third kappa shape index (κ3) is 23.7. The Morgan fingerprint density at radius 2 is 0.723 bits per heavy atom. The standard InChI is InChI=1S/C28H28F3N3O3.C28H33N3O3.C28H31NO3S.C28H33NO3S/c1-17-2-9-23(24(35)12-17)34-16-19-13-18(3-8-22(19)26(34)37)14-33-25(36)15-32-21-6-4-20(5-7-21)27(10-11-27)28(29,30)31;1-18-5-12-24(25(32)13-18)31-17-20-14-19(6-11-23(20)27(31)34)15-30-26(33)16-29-22-9-7-21(8-10-22)28(2,3)4;1-18-3-11-24(25(31)15-18)29-16-22-23(27(29)32)17-33-26(22)12-10-21(30)9-6-19-4-7-20(8-5-19)28(2)13-14-28;1-18-5-13-24(25(31)15-18)29-16-22-23(27(29)32)17-33-26(22)14-12-21(30)11-8-19-6-9-20(10-7-19)28(2,3)4/h3-8,13,23,32H,1-2,9-12,14-16H2,(H,33,36);6-11,14,24,29H,1,5,12-13,15-17H2,2-4H3,(H,30,33);4-5,7-8,17,24H,1,3,6,9-16H2,2H3;6-7,9-10,17,24H,1,5,8,11-16H2,2-4H3/t23-;3*24-/m0000/s1. The van der Waals surface area contributed by atoms with Gasteiger partial charge in [0.1, 0.15) is 11.6 Å². The molecule has 4 N–H and O–H groups in total. The van der Waals surface area contributed by atoms with Gasteiger partial charge in [-0.25, -0.2) is 0 Å². The predicted molar refractivity (Wildman–Crippen MR) is 529 cm³/mol. The number of benzene rings is 6. The average molecular weight is 1900 g/mol. The zero-order valence-electron chi connectivity index (χ0n) is 79.8. The van der Waals surface area contributed by atoms with Crippen molar-refractivity contribution in [1.82, 2.24) is 30.2 Å². The van der Waals surface area contributed by atoms with Crippen molar-refractivity contribution in [3.8, 4) is 0 Å². The first-order chi connectivity index (χ1) is 65.2. The van der Waals surface area contributed by atoms with Crippen LogP contribution in [0.15, 0.2) is 193 Å². The lowest BCUT2D eigenvalue weighted by Crippen LogP contribution is -2.43. The molecule has 0 bridgehead atoms. The number of thiophene rings is 2. The Hall–Kier alpha value is -12.1.